The Morgan fingerprint density at radius 3 is 2.56 bits per heavy atom. The van der Waals surface area contributed by atoms with E-state index >= 15 is 0 Å². The summed E-state index contributed by atoms with van der Waals surface area (Å²) >= 11 is 7.79. The first-order chi connectivity index (χ1) is 7.45. The third-order valence-corrected chi connectivity index (χ3v) is 5.14. The molecule has 0 aliphatic heterocycles. The molecule has 0 bridgehead atoms. The highest BCUT2D eigenvalue weighted by molar-refractivity contribution is 9.13. The number of halogens is 2. The van der Waals surface area contributed by atoms with Crippen LogP contribution in [0.5, 0.6) is 0 Å². The zero-order valence-electron chi connectivity index (χ0n) is 8.29. The van der Waals surface area contributed by atoms with E-state index in [0.717, 1.165) is 8.26 Å². The maximum Gasteiger partial charge on any atom is 0.326 e. The van der Waals surface area contributed by atoms with Gasteiger partial charge < -0.3 is 10.4 Å². The number of carboxylic acids is 1. The number of aliphatic carboxylic acids is 1. The second-order valence-corrected chi connectivity index (χ2v) is 6.23. The molecule has 16 heavy (non-hydrogen) atoms. The van der Waals surface area contributed by atoms with E-state index in [2.05, 4.69) is 37.2 Å². The molecule has 0 spiro atoms. The Hall–Kier alpha value is -0.400. The van der Waals surface area contributed by atoms with Crippen LogP contribution in [-0.4, -0.2) is 23.0 Å². The first-order valence-electron chi connectivity index (χ1n) is 4.44. The summed E-state index contributed by atoms with van der Waals surface area (Å²) in [5.41, 5.74) is 0. The van der Waals surface area contributed by atoms with Gasteiger partial charge in [-0.15, -0.1) is 11.3 Å². The summed E-state index contributed by atoms with van der Waals surface area (Å²) in [6.07, 6.45) is 0.356. The van der Waals surface area contributed by atoms with Crippen LogP contribution < -0.4 is 5.32 Å². The number of carbonyl (C=O) groups is 2. The quantitative estimate of drug-likeness (QED) is 0.856. The molecule has 1 amide bonds. The average molecular weight is 371 g/mol. The van der Waals surface area contributed by atoms with Crippen molar-refractivity contribution in [1.82, 2.24) is 5.32 Å². The molecule has 0 fully saturated rings. The molecule has 0 saturated carbocycles. The van der Waals surface area contributed by atoms with Gasteiger partial charge in [0, 0.05) is 4.47 Å². The van der Waals surface area contributed by atoms with Crippen molar-refractivity contribution in [2.75, 3.05) is 0 Å². The highest BCUT2D eigenvalue weighted by Crippen LogP contribution is 2.32. The van der Waals surface area contributed by atoms with E-state index in [9.17, 15) is 9.59 Å². The number of hydrogen-bond donors (Lipinski definition) is 2. The minimum absolute atomic E-state index is 0.356. The van der Waals surface area contributed by atoms with Gasteiger partial charge in [-0.25, -0.2) is 4.79 Å². The fourth-order valence-corrected chi connectivity index (χ4v) is 2.97. The van der Waals surface area contributed by atoms with Crippen molar-refractivity contribution >= 4 is 55.1 Å². The molecule has 0 aliphatic rings. The van der Waals surface area contributed by atoms with Gasteiger partial charge in [-0.1, -0.05) is 6.92 Å². The lowest BCUT2D eigenvalue weighted by molar-refractivity contribution is -0.139. The molecule has 0 unspecified atom stereocenters. The molecule has 4 nitrogen and oxygen atoms in total. The molecule has 0 aromatic carbocycles. The highest BCUT2D eigenvalue weighted by atomic mass is 79.9. The van der Waals surface area contributed by atoms with E-state index in [1.54, 1.807) is 13.0 Å². The number of nitrogens with one attached hydrogen (secondary N) is 1. The number of carboxylic acid groups (broad SMARTS) is 1. The Balaban J connectivity index is 2.75. The number of carbonyl (C=O) groups excluding carboxylic acids is 1. The summed E-state index contributed by atoms with van der Waals surface area (Å²) in [5, 5.41) is 11.3. The topological polar surface area (TPSA) is 66.4 Å². The normalized spacial score (nSPS) is 12.2. The Morgan fingerprint density at radius 1 is 1.56 bits per heavy atom. The predicted molar refractivity (Wildman–Crippen MR) is 68.9 cm³/mol. The SMILES string of the molecule is CC[C@H](NC(=O)c1cc(Br)c(Br)s1)C(=O)O. The molecule has 88 valence electrons. The zero-order valence-corrected chi connectivity index (χ0v) is 12.3. The van der Waals surface area contributed by atoms with Crippen LogP contribution in [0.25, 0.3) is 0 Å². The second kappa shape index (κ2) is 5.79. The van der Waals surface area contributed by atoms with Gasteiger partial charge in [-0.2, -0.15) is 0 Å². The summed E-state index contributed by atoms with van der Waals surface area (Å²) in [5.74, 6) is -1.39. The lowest BCUT2D eigenvalue weighted by Gasteiger charge is -2.10. The average Bonchev–Trinajstić information content (AvgIpc) is 2.55. The fraction of sp³-hybridized carbons (Fsp3) is 0.333. The van der Waals surface area contributed by atoms with Crippen molar-refractivity contribution in [1.29, 1.82) is 0 Å². The molecule has 2 N–H and O–H groups in total. The van der Waals surface area contributed by atoms with Crippen LogP contribution in [0.3, 0.4) is 0 Å². The molecule has 1 rings (SSSR count). The van der Waals surface area contributed by atoms with Crippen LogP contribution in [0, 0.1) is 0 Å². The Bertz CT molecular complexity index is 399. The van der Waals surface area contributed by atoms with Gasteiger partial charge in [0.1, 0.15) is 6.04 Å². The van der Waals surface area contributed by atoms with Crippen molar-refractivity contribution < 1.29 is 14.7 Å². The van der Waals surface area contributed by atoms with E-state index in [4.69, 9.17) is 5.11 Å². The van der Waals surface area contributed by atoms with Gasteiger partial charge in [-0.3, -0.25) is 4.79 Å². The van der Waals surface area contributed by atoms with Crippen LogP contribution in [0.15, 0.2) is 14.3 Å². The molecule has 1 aromatic rings. The van der Waals surface area contributed by atoms with Crippen LogP contribution in [0.4, 0.5) is 0 Å². The number of thiophene rings is 1. The van der Waals surface area contributed by atoms with Crippen molar-refractivity contribution in [2.24, 2.45) is 0 Å². The van der Waals surface area contributed by atoms with Crippen molar-refractivity contribution in [3.05, 3.63) is 19.2 Å². The maximum atomic E-state index is 11.7. The predicted octanol–water partition coefficient (Wildman–Crippen LogP) is 2.87. The summed E-state index contributed by atoms with van der Waals surface area (Å²) < 4.78 is 1.59. The summed E-state index contributed by atoms with van der Waals surface area (Å²) in [4.78, 5) is 22.9. The van der Waals surface area contributed by atoms with Crippen LogP contribution in [-0.2, 0) is 4.79 Å². The fourth-order valence-electron chi connectivity index (χ4n) is 1.03. The highest BCUT2D eigenvalue weighted by Gasteiger charge is 2.20. The minimum atomic E-state index is -1.02. The lowest BCUT2D eigenvalue weighted by Crippen LogP contribution is -2.39. The largest absolute Gasteiger partial charge is 0.480 e. The second-order valence-electron chi connectivity index (χ2n) is 3.00. The van der Waals surface area contributed by atoms with Gasteiger partial charge in [-0.05, 0) is 44.3 Å². The molecular formula is C9H9Br2NO3S. The van der Waals surface area contributed by atoms with Gasteiger partial charge >= 0.3 is 5.97 Å². The zero-order chi connectivity index (χ0) is 12.3. The molecule has 7 heteroatoms. The molecule has 0 aliphatic carbocycles. The van der Waals surface area contributed by atoms with Crippen LogP contribution in [0.1, 0.15) is 23.0 Å². The lowest BCUT2D eigenvalue weighted by atomic mass is 10.2. The third kappa shape index (κ3) is 3.29. The Labute approximate surface area is 113 Å². The molecule has 1 heterocycles. The van der Waals surface area contributed by atoms with E-state index in [0.29, 0.717) is 11.3 Å². The minimum Gasteiger partial charge on any atom is -0.480 e. The van der Waals surface area contributed by atoms with Crippen molar-refractivity contribution in [3.63, 3.8) is 0 Å². The molecule has 1 atom stereocenters. The smallest absolute Gasteiger partial charge is 0.326 e. The summed E-state index contributed by atoms with van der Waals surface area (Å²) in [6, 6.07) is 0.811. The molecule has 1 aromatic heterocycles. The summed E-state index contributed by atoms with van der Waals surface area (Å²) in [7, 11) is 0. The number of hydrogen-bond acceptors (Lipinski definition) is 3. The van der Waals surface area contributed by atoms with Gasteiger partial charge in [0.15, 0.2) is 0 Å². The first-order valence-corrected chi connectivity index (χ1v) is 6.84. The molecule has 0 radical (unpaired) electrons. The van der Waals surface area contributed by atoms with Crippen LogP contribution >= 0.6 is 43.2 Å². The molecular weight excluding hydrogens is 362 g/mol. The first kappa shape index (κ1) is 13.7. The van der Waals surface area contributed by atoms with E-state index in [1.165, 1.54) is 11.3 Å². The monoisotopic (exact) mass is 369 g/mol. The number of amides is 1. The van der Waals surface area contributed by atoms with E-state index < -0.39 is 12.0 Å². The van der Waals surface area contributed by atoms with Gasteiger partial charge in [0.05, 0.1) is 8.66 Å². The summed E-state index contributed by atoms with van der Waals surface area (Å²) in [6.45, 7) is 1.71. The third-order valence-electron chi connectivity index (χ3n) is 1.88. The van der Waals surface area contributed by atoms with E-state index in [-0.39, 0.29) is 5.91 Å². The maximum absolute atomic E-state index is 11.7. The Kier molecular flexibility index (Phi) is 4.94. The van der Waals surface area contributed by atoms with Gasteiger partial charge in [0.2, 0.25) is 0 Å². The Morgan fingerprint density at radius 2 is 2.19 bits per heavy atom. The number of rotatable bonds is 4. The van der Waals surface area contributed by atoms with Crippen LogP contribution in [0.2, 0.25) is 0 Å². The van der Waals surface area contributed by atoms with Crippen molar-refractivity contribution in [3.8, 4) is 0 Å². The molecule has 0 saturated heterocycles. The standard InChI is InChI=1S/C9H9Br2NO3S/c1-2-5(9(14)15)12-8(13)6-3-4(10)7(11)16-6/h3,5H,2H2,1H3,(H,12,13)(H,14,15)/t5-/m0/s1. The van der Waals surface area contributed by atoms with Crippen molar-refractivity contribution in [2.45, 2.75) is 19.4 Å². The van der Waals surface area contributed by atoms with Gasteiger partial charge in [0.25, 0.3) is 5.91 Å². The van der Waals surface area contributed by atoms with E-state index in [1.807, 2.05) is 0 Å².